The number of fused-ring (bicyclic) bond motifs is 1. The highest BCUT2D eigenvalue weighted by atomic mass is 16.6. The van der Waals surface area contributed by atoms with E-state index in [1.54, 1.807) is 0 Å². The molecule has 2 saturated heterocycles. The van der Waals surface area contributed by atoms with E-state index < -0.39 is 0 Å². The Bertz CT molecular complexity index is 586. The molecule has 2 fully saturated rings. The molecular formula is C16H18O3. The summed E-state index contributed by atoms with van der Waals surface area (Å²) in [6.07, 6.45) is 3.01. The van der Waals surface area contributed by atoms with Gasteiger partial charge in [-0.1, -0.05) is 36.4 Å². The topological polar surface area (TPSA) is 56.6 Å². The molecule has 100 valence electrons. The van der Waals surface area contributed by atoms with E-state index in [-0.39, 0.29) is 5.48 Å². The first kappa shape index (κ1) is 12.6. The second-order valence-electron chi connectivity index (χ2n) is 5.29. The van der Waals surface area contributed by atoms with E-state index >= 15 is 0 Å². The van der Waals surface area contributed by atoms with Crippen LogP contribution in [0.3, 0.4) is 0 Å². The smallest absolute Gasteiger partial charge is 0.0850 e. The Kier molecular flexibility index (Phi) is 3.27. The van der Waals surface area contributed by atoms with Gasteiger partial charge in [0.05, 0.1) is 25.4 Å². The molecular weight excluding hydrogens is 240 g/mol. The third-order valence-electron chi connectivity index (χ3n) is 3.75. The molecule has 2 heterocycles. The van der Waals surface area contributed by atoms with Crippen LogP contribution in [0, 0.1) is 0 Å². The van der Waals surface area contributed by atoms with E-state index in [1.807, 2.05) is 0 Å². The van der Waals surface area contributed by atoms with Gasteiger partial charge in [0.25, 0.3) is 0 Å². The van der Waals surface area contributed by atoms with E-state index in [0.29, 0.717) is 12.2 Å². The van der Waals surface area contributed by atoms with Crippen LogP contribution in [-0.4, -0.2) is 30.9 Å². The van der Waals surface area contributed by atoms with Crippen molar-refractivity contribution in [2.45, 2.75) is 25.0 Å². The van der Waals surface area contributed by atoms with Crippen LogP contribution in [0.2, 0.25) is 0 Å². The van der Waals surface area contributed by atoms with E-state index in [1.165, 1.54) is 21.9 Å². The lowest BCUT2D eigenvalue weighted by Crippen LogP contribution is -1.96. The minimum Gasteiger partial charge on any atom is -0.412 e. The summed E-state index contributed by atoms with van der Waals surface area (Å²) in [6, 6.07) is 13.4. The van der Waals surface area contributed by atoms with Crippen LogP contribution >= 0.6 is 0 Å². The molecule has 2 aromatic carbocycles. The standard InChI is InChI=1S/C16H16O2.H2O/c1-2-12-6-11(7-14-9-17-14)4-5-16(12)13(3-1)8-15-10-18-15;/h1-6,14-15H,7-10H2;1H2. The fraction of sp³-hybridized carbons (Fsp3) is 0.375. The molecule has 3 heteroatoms. The molecule has 2 aromatic rings. The highest BCUT2D eigenvalue weighted by Gasteiger charge is 2.24. The fourth-order valence-electron chi connectivity index (χ4n) is 2.59. The highest BCUT2D eigenvalue weighted by Crippen LogP contribution is 2.26. The summed E-state index contributed by atoms with van der Waals surface area (Å²) in [7, 11) is 0. The predicted octanol–water partition coefficient (Wildman–Crippen LogP) is 1.90. The number of hydrogen-bond acceptors (Lipinski definition) is 2. The lowest BCUT2D eigenvalue weighted by molar-refractivity contribution is 0.407. The molecule has 2 atom stereocenters. The number of rotatable bonds is 4. The maximum absolute atomic E-state index is 5.33. The minimum atomic E-state index is 0. The molecule has 0 bridgehead atoms. The first-order valence-corrected chi connectivity index (χ1v) is 6.62. The van der Waals surface area contributed by atoms with Gasteiger partial charge in [-0.15, -0.1) is 0 Å². The summed E-state index contributed by atoms with van der Waals surface area (Å²) in [5.41, 5.74) is 2.79. The van der Waals surface area contributed by atoms with Crippen LogP contribution in [0.1, 0.15) is 11.1 Å². The van der Waals surface area contributed by atoms with Crippen molar-refractivity contribution in [3.63, 3.8) is 0 Å². The molecule has 2 unspecified atom stereocenters. The third-order valence-corrected chi connectivity index (χ3v) is 3.75. The molecule has 19 heavy (non-hydrogen) atoms. The van der Waals surface area contributed by atoms with Crippen molar-refractivity contribution in [3.8, 4) is 0 Å². The van der Waals surface area contributed by atoms with Crippen molar-refractivity contribution in [1.82, 2.24) is 0 Å². The lowest BCUT2D eigenvalue weighted by Gasteiger charge is -2.07. The van der Waals surface area contributed by atoms with Crippen molar-refractivity contribution in [3.05, 3.63) is 47.5 Å². The van der Waals surface area contributed by atoms with E-state index in [4.69, 9.17) is 9.47 Å². The quantitative estimate of drug-likeness (QED) is 0.786. The maximum Gasteiger partial charge on any atom is 0.0850 e. The van der Waals surface area contributed by atoms with E-state index in [2.05, 4.69) is 36.4 Å². The van der Waals surface area contributed by atoms with Crippen molar-refractivity contribution in [1.29, 1.82) is 0 Å². The molecule has 4 rings (SSSR count). The Morgan fingerprint density at radius 1 is 0.947 bits per heavy atom. The van der Waals surface area contributed by atoms with Gasteiger partial charge in [0.2, 0.25) is 0 Å². The first-order chi connectivity index (χ1) is 8.88. The molecule has 0 saturated carbocycles. The Labute approximate surface area is 112 Å². The van der Waals surface area contributed by atoms with Crippen LogP contribution in [0.5, 0.6) is 0 Å². The second-order valence-corrected chi connectivity index (χ2v) is 5.29. The van der Waals surface area contributed by atoms with Crippen LogP contribution in [0.4, 0.5) is 0 Å². The van der Waals surface area contributed by atoms with E-state index in [0.717, 1.165) is 26.1 Å². The summed E-state index contributed by atoms with van der Waals surface area (Å²) < 4.78 is 10.6. The van der Waals surface area contributed by atoms with E-state index in [9.17, 15) is 0 Å². The van der Waals surface area contributed by atoms with Crippen LogP contribution in [-0.2, 0) is 22.3 Å². The molecule has 2 N–H and O–H groups in total. The number of epoxide rings is 2. The van der Waals surface area contributed by atoms with Gasteiger partial charge in [-0.25, -0.2) is 0 Å². The molecule has 0 aliphatic carbocycles. The summed E-state index contributed by atoms with van der Waals surface area (Å²) in [4.78, 5) is 0. The number of hydrogen-bond donors (Lipinski definition) is 0. The second kappa shape index (κ2) is 4.93. The number of benzene rings is 2. The molecule has 2 aliphatic heterocycles. The highest BCUT2D eigenvalue weighted by molar-refractivity contribution is 5.86. The zero-order chi connectivity index (χ0) is 11.9. The van der Waals surface area contributed by atoms with Gasteiger partial charge < -0.3 is 14.9 Å². The maximum atomic E-state index is 5.33. The van der Waals surface area contributed by atoms with Gasteiger partial charge in [-0.05, 0) is 21.9 Å². The zero-order valence-electron chi connectivity index (χ0n) is 10.8. The average Bonchev–Trinajstić information content (AvgIpc) is 3.25. The van der Waals surface area contributed by atoms with Crippen LogP contribution in [0.15, 0.2) is 36.4 Å². The van der Waals surface area contributed by atoms with Crippen LogP contribution < -0.4 is 0 Å². The number of ether oxygens (including phenoxy) is 2. The molecule has 0 radical (unpaired) electrons. The van der Waals surface area contributed by atoms with Gasteiger partial charge in [0.1, 0.15) is 0 Å². The van der Waals surface area contributed by atoms with Gasteiger partial charge in [0, 0.05) is 12.8 Å². The summed E-state index contributed by atoms with van der Waals surface area (Å²) in [5, 5.41) is 2.71. The molecule has 0 spiro atoms. The zero-order valence-corrected chi connectivity index (χ0v) is 10.8. The average molecular weight is 258 g/mol. The molecule has 2 aliphatic rings. The molecule has 3 nitrogen and oxygen atoms in total. The van der Waals surface area contributed by atoms with Gasteiger partial charge >= 0.3 is 0 Å². The monoisotopic (exact) mass is 258 g/mol. The summed E-state index contributed by atoms with van der Waals surface area (Å²) >= 11 is 0. The fourth-order valence-corrected chi connectivity index (χ4v) is 2.59. The van der Waals surface area contributed by atoms with Gasteiger partial charge in [0.15, 0.2) is 0 Å². The van der Waals surface area contributed by atoms with Crippen molar-refractivity contribution >= 4 is 10.8 Å². The van der Waals surface area contributed by atoms with Crippen molar-refractivity contribution in [2.24, 2.45) is 0 Å². The first-order valence-electron chi connectivity index (χ1n) is 6.62. The SMILES string of the molecule is O.c1cc(CC2CO2)c2ccc(CC3CO3)cc2c1. The van der Waals surface area contributed by atoms with Gasteiger partial charge in [-0.2, -0.15) is 0 Å². The van der Waals surface area contributed by atoms with Crippen molar-refractivity contribution < 1.29 is 14.9 Å². The Morgan fingerprint density at radius 3 is 2.42 bits per heavy atom. The van der Waals surface area contributed by atoms with Gasteiger partial charge in [-0.3, -0.25) is 0 Å². The largest absolute Gasteiger partial charge is 0.412 e. The van der Waals surface area contributed by atoms with Crippen LogP contribution in [0.25, 0.3) is 10.8 Å². The minimum absolute atomic E-state index is 0. The normalized spacial score (nSPS) is 24.0. The molecule has 0 amide bonds. The Morgan fingerprint density at radius 2 is 1.68 bits per heavy atom. The summed E-state index contributed by atoms with van der Waals surface area (Å²) in [5.74, 6) is 0. The summed E-state index contributed by atoms with van der Waals surface area (Å²) in [6.45, 7) is 1.85. The Hall–Kier alpha value is -1.42. The lowest BCUT2D eigenvalue weighted by atomic mass is 9.98. The Balaban J connectivity index is 0.00000110. The molecule has 0 aromatic heterocycles. The predicted molar refractivity (Wildman–Crippen MR) is 74.4 cm³/mol. The third kappa shape index (κ3) is 2.78. The van der Waals surface area contributed by atoms with Crippen molar-refractivity contribution in [2.75, 3.05) is 13.2 Å².